The molecular weight excluding hydrogens is 257 g/mol. The van der Waals surface area contributed by atoms with Gasteiger partial charge in [-0.2, -0.15) is 5.26 Å². The summed E-state index contributed by atoms with van der Waals surface area (Å²) >= 11 is 0. The van der Waals surface area contributed by atoms with Crippen LogP contribution >= 0.6 is 0 Å². The Hall–Kier alpha value is -1.48. The maximum atomic E-state index is 14.1. The summed E-state index contributed by atoms with van der Waals surface area (Å²) < 4.78 is 14.1. The molecule has 1 saturated heterocycles. The first-order valence-electron chi connectivity index (χ1n) is 6.75. The topological polar surface area (TPSA) is 50.5 Å². The molecule has 1 N–H and O–H groups in total. The lowest BCUT2D eigenvalue weighted by Gasteiger charge is -2.26. The smallest absolute Gasteiger partial charge is 0.145 e. The zero-order valence-electron chi connectivity index (χ0n) is 11.9. The van der Waals surface area contributed by atoms with Crippen molar-refractivity contribution in [2.45, 2.75) is 25.1 Å². The monoisotopic (exact) mass is 277 g/mol. The van der Waals surface area contributed by atoms with Gasteiger partial charge in [-0.3, -0.25) is 4.90 Å². The Morgan fingerprint density at radius 2 is 2.25 bits per heavy atom. The van der Waals surface area contributed by atoms with E-state index >= 15 is 0 Å². The van der Waals surface area contributed by atoms with Crippen LogP contribution in [0.25, 0.3) is 0 Å². The summed E-state index contributed by atoms with van der Waals surface area (Å²) in [4.78, 5) is 4.15. The molecule has 4 nitrogen and oxygen atoms in total. The van der Waals surface area contributed by atoms with Crippen molar-refractivity contribution in [2.24, 2.45) is 0 Å². The minimum Gasteiger partial charge on any atom is -0.392 e. The van der Waals surface area contributed by atoms with Crippen LogP contribution in [0.4, 0.5) is 4.39 Å². The van der Waals surface area contributed by atoms with Gasteiger partial charge in [0.15, 0.2) is 0 Å². The van der Waals surface area contributed by atoms with Crippen molar-refractivity contribution < 1.29 is 9.50 Å². The second-order valence-electron chi connectivity index (χ2n) is 5.63. The molecule has 1 aromatic carbocycles. The summed E-state index contributed by atoms with van der Waals surface area (Å²) in [5.74, 6) is -0.444. The van der Waals surface area contributed by atoms with E-state index in [1.165, 1.54) is 6.07 Å². The summed E-state index contributed by atoms with van der Waals surface area (Å²) in [5.41, 5.74) is 0.591. The number of β-amino-alcohol motifs (C(OH)–C–C–N with tert-alkyl or cyclic N) is 1. The number of likely N-dealkylation sites (tertiary alicyclic amines) is 1. The number of benzene rings is 1. The second-order valence-corrected chi connectivity index (χ2v) is 5.63. The number of aliphatic hydroxyl groups excluding tert-OH is 1. The molecule has 0 bridgehead atoms. The molecule has 1 fully saturated rings. The fourth-order valence-corrected chi connectivity index (χ4v) is 2.77. The van der Waals surface area contributed by atoms with E-state index in [1.54, 1.807) is 12.1 Å². The number of aliphatic hydroxyl groups is 1. The standard InChI is InChI=1S/C15H20FN3O/c1-18(2)9-13-6-14(20)10-19(13)8-12-5-3-4-11(7-17)15(12)16/h3-5,13-14,20H,6,8-10H2,1-2H3. The zero-order chi connectivity index (χ0) is 14.7. The van der Waals surface area contributed by atoms with Gasteiger partial charge in [-0.1, -0.05) is 12.1 Å². The molecule has 0 radical (unpaired) electrons. The third kappa shape index (κ3) is 3.34. The van der Waals surface area contributed by atoms with Gasteiger partial charge in [0.1, 0.15) is 11.9 Å². The number of halogens is 1. The molecule has 0 amide bonds. The quantitative estimate of drug-likeness (QED) is 0.898. The van der Waals surface area contributed by atoms with Crippen molar-refractivity contribution >= 4 is 0 Å². The Balaban J connectivity index is 2.14. The molecular formula is C15H20FN3O. The van der Waals surface area contributed by atoms with Crippen LogP contribution in [0.2, 0.25) is 0 Å². The molecule has 5 heteroatoms. The molecule has 0 spiro atoms. The van der Waals surface area contributed by atoms with Crippen molar-refractivity contribution in [3.63, 3.8) is 0 Å². The van der Waals surface area contributed by atoms with Crippen molar-refractivity contribution in [3.8, 4) is 6.07 Å². The Morgan fingerprint density at radius 1 is 1.50 bits per heavy atom. The van der Waals surface area contributed by atoms with E-state index in [4.69, 9.17) is 5.26 Å². The highest BCUT2D eigenvalue weighted by Gasteiger charge is 2.31. The Kier molecular flexibility index (Phi) is 4.71. The minimum absolute atomic E-state index is 0.0754. The molecule has 0 aliphatic carbocycles. The molecule has 1 heterocycles. The highest BCUT2D eigenvalue weighted by Crippen LogP contribution is 2.23. The molecule has 1 aliphatic rings. The third-order valence-electron chi connectivity index (χ3n) is 3.65. The number of hydrogen-bond donors (Lipinski definition) is 1. The molecule has 2 atom stereocenters. The van der Waals surface area contributed by atoms with E-state index in [2.05, 4.69) is 9.80 Å². The minimum atomic E-state index is -0.444. The van der Waals surface area contributed by atoms with Gasteiger partial charge < -0.3 is 10.0 Å². The summed E-state index contributed by atoms with van der Waals surface area (Å²) in [7, 11) is 3.97. The molecule has 2 unspecified atom stereocenters. The van der Waals surface area contributed by atoms with Gasteiger partial charge in [-0.25, -0.2) is 4.39 Å². The van der Waals surface area contributed by atoms with Crippen molar-refractivity contribution in [2.75, 3.05) is 27.2 Å². The number of nitrogens with zero attached hydrogens (tertiary/aromatic N) is 3. The number of nitriles is 1. The second kappa shape index (κ2) is 6.31. The Bertz CT molecular complexity index is 512. The van der Waals surface area contributed by atoms with Crippen LogP contribution in [0, 0.1) is 17.1 Å². The predicted molar refractivity (Wildman–Crippen MR) is 74.5 cm³/mol. The van der Waals surface area contributed by atoms with E-state index in [-0.39, 0.29) is 17.7 Å². The highest BCUT2D eigenvalue weighted by atomic mass is 19.1. The lowest BCUT2D eigenvalue weighted by molar-refractivity contribution is 0.168. The van der Waals surface area contributed by atoms with Crippen LogP contribution in [0.5, 0.6) is 0 Å². The molecule has 1 aromatic rings. The maximum Gasteiger partial charge on any atom is 0.145 e. The number of hydrogen-bond acceptors (Lipinski definition) is 4. The first-order chi connectivity index (χ1) is 9.51. The Labute approximate surface area is 119 Å². The molecule has 1 aliphatic heterocycles. The van der Waals surface area contributed by atoms with Crippen molar-refractivity contribution in [3.05, 3.63) is 35.1 Å². The van der Waals surface area contributed by atoms with Crippen molar-refractivity contribution in [1.82, 2.24) is 9.80 Å². The molecule has 0 saturated carbocycles. The highest BCUT2D eigenvalue weighted by molar-refractivity contribution is 5.35. The predicted octanol–water partition coefficient (Wildman–Crippen LogP) is 1.19. The molecule has 0 aromatic heterocycles. The number of rotatable bonds is 4. The average molecular weight is 277 g/mol. The van der Waals surface area contributed by atoms with Crippen LogP contribution in [-0.4, -0.2) is 54.2 Å². The van der Waals surface area contributed by atoms with Gasteiger partial charge in [0.2, 0.25) is 0 Å². The van der Waals surface area contributed by atoms with E-state index in [9.17, 15) is 9.50 Å². The van der Waals surface area contributed by atoms with E-state index in [0.717, 1.165) is 6.54 Å². The summed E-state index contributed by atoms with van der Waals surface area (Å²) in [5, 5.41) is 18.7. The van der Waals surface area contributed by atoms with Gasteiger partial charge in [0.25, 0.3) is 0 Å². The first-order valence-corrected chi connectivity index (χ1v) is 6.75. The van der Waals surface area contributed by atoms with Crippen LogP contribution in [0.3, 0.4) is 0 Å². The van der Waals surface area contributed by atoms with Gasteiger partial charge in [0.05, 0.1) is 11.7 Å². The van der Waals surface area contributed by atoms with Crippen LogP contribution < -0.4 is 0 Å². The number of likely N-dealkylation sites (N-methyl/N-ethyl adjacent to an activating group) is 1. The fourth-order valence-electron chi connectivity index (χ4n) is 2.77. The van der Waals surface area contributed by atoms with E-state index in [1.807, 2.05) is 20.2 Å². The van der Waals surface area contributed by atoms with Crippen LogP contribution in [0.15, 0.2) is 18.2 Å². The lowest BCUT2D eigenvalue weighted by atomic mass is 10.1. The SMILES string of the molecule is CN(C)CC1CC(O)CN1Cc1cccc(C#N)c1F. The Morgan fingerprint density at radius 3 is 2.90 bits per heavy atom. The van der Waals surface area contributed by atoms with Gasteiger partial charge in [-0.05, 0) is 26.6 Å². The molecule has 2 rings (SSSR count). The van der Waals surface area contributed by atoms with Gasteiger partial charge in [-0.15, -0.1) is 0 Å². The summed E-state index contributed by atoms with van der Waals surface area (Å²) in [6.45, 7) is 1.81. The van der Waals surface area contributed by atoms with Crippen LogP contribution in [-0.2, 0) is 6.54 Å². The average Bonchev–Trinajstić information content (AvgIpc) is 2.71. The summed E-state index contributed by atoms with van der Waals surface area (Å²) in [6, 6.07) is 6.96. The van der Waals surface area contributed by atoms with Crippen LogP contribution in [0.1, 0.15) is 17.5 Å². The van der Waals surface area contributed by atoms with Crippen molar-refractivity contribution in [1.29, 1.82) is 5.26 Å². The first kappa shape index (κ1) is 14.9. The largest absolute Gasteiger partial charge is 0.392 e. The normalized spacial score (nSPS) is 23.2. The fraction of sp³-hybridized carbons (Fsp3) is 0.533. The van der Waals surface area contributed by atoms with Gasteiger partial charge in [0, 0.05) is 31.2 Å². The summed E-state index contributed by atoms with van der Waals surface area (Å²) in [6.07, 6.45) is 0.347. The third-order valence-corrected chi connectivity index (χ3v) is 3.65. The van der Waals surface area contributed by atoms with E-state index < -0.39 is 5.82 Å². The maximum absolute atomic E-state index is 14.1. The van der Waals surface area contributed by atoms with Gasteiger partial charge >= 0.3 is 0 Å². The zero-order valence-corrected chi connectivity index (χ0v) is 11.9. The molecule has 20 heavy (non-hydrogen) atoms. The van der Waals surface area contributed by atoms with E-state index in [0.29, 0.717) is 25.1 Å². The molecule has 108 valence electrons. The lowest BCUT2D eigenvalue weighted by Crippen LogP contribution is -2.37.